The molecule has 2 aromatic rings. The summed E-state index contributed by atoms with van der Waals surface area (Å²) in [5.74, 6) is 1.94. The first-order valence-corrected chi connectivity index (χ1v) is 8.57. The summed E-state index contributed by atoms with van der Waals surface area (Å²) in [6.45, 7) is 1.88. The van der Waals surface area contributed by atoms with Crippen molar-refractivity contribution < 1.29 is 0 Å². The molecule has 1 aliphatic carbocycles. The van der Waals surface area contributed by atoms with Crippen molar-refractivity contribution in [2.75, 3.05) is 0 Å². The number of nitrogens with one attached hydrogen (secondary N) is 1. The van der Waals surface area contributed by atoms with E-state index >= 15 is 0 Å². The fourth-order valence-electron chi connectivity index (χ4n) is 3.83. The molecule has 0 saturated heterocycles. The first-order valence-electron chi connectivity index (χ1n) is 8.57. The van der Waals surface area contributed by atoms with Gasteiger partial charge in [0.1, 0.15) is 12.2 Å². The van der Waals surface area contributed by atoms with Crippen LogP contribution in [0.2, 0.25) is 0 Å². The maximum absolute atomic E-state index is 4.28. The second-order valence-corrected chi connectivity index (χ2v) is 6.70. The molecular formula is C18H24N4. The van der Waals surface area contributed by atoms with E-state index in [1.54, 1.807) is 6.33 Å². The van der Waals surface area contributed by atoms with Gasteiger partial charge in [-0.15, -0.1) is 0 Å². The maximum Gasteiger partial charge on any atom is 0.138 e. The van der Waals surface area contributed by atoms with Crippen LogP contribution in [0.3, 0.4) is 0 Å². The lowest BCUT2D eigenvalue weighted by Gasteiger charge is -2.23. The van der Waals surface area contributed by atoms with Crippen LogP contribution < -0.4 is 5.32 Å². The molecule has 1 unspecified atom stereocenters. The molecule has 4 rings (SSSR count). The molecule has 1 aromatic heterocycles. The van der Waals surface area contributed by atoms with Gasteiger partial charge in [0.15, 0.2) is 0 Å². The van der Waals surface area contributed by atoms with Gasteiger partial charge in [-0.3, -0.25) is 0 Å². The zero-order valence-corrected chi connectivity index (χ0v) is 13.0. The molecule has 0 radical (unpaired) electrons. The zero-order valence-electron chi connectivity index (χ0n) is 13.0. The number of benzene rings is 1. The summed E-state index contributed by atoms with van der Waals surface area (Å²) in [7, 11) is 0. The number of hydrogen-bond donors (Lipinski definition) is 1. The van der Waals surface area contributed by atoms with Crippen LogP contribution >= 0.6 is 0 Å². The van der Waals surface area contributed by atoms with Crippen molar-refractivity contribution in [2.24, 2.45) is 0 Å². The Labute approximate surface area is 132 Å². The highest BCUT2D eigenvalue weighted by molar-refractivity contribution is 5.26. The van der Waals surface area contributed by atoms with E-state index in [0.29, 0.717) is 6.04 Å². The molecule has 1 fully saturated rings. The van der Waals surface area contributed by atoms with Crippen LogP contribution in [0, 0.1) is 0 Å². The van der Waals surface area contributed by atoms with Crippen molar-refractivity contribution >= 4 is 0 Å². The molecule has 1 aliphatic heterocycles. The van der Waals surface area contributed by atoms with Crippen LogP contribution in [0.15, 0.2) is 30.6 Å². The van der Waals surface area contributed by atoms with Gasteiger partial charge < -0.3 is 5.32 Å². The number of aryl methyl sites for hydroxylation is 1. The molecule has 1 saturated carbocycles. The Morgan fingerprint density at radius 3 is 2.73 bits per heavy atom. The van der Waals surface area contributed by atoms with E-state index in [-0.39, 0.29) is 0 Å². The fraction of sp³-hybridized carbons (Fsp3) is 0.556. The van der Waals surface area contributed by atoms with Gasteiger partial charge in [-0.05, 0) is 36.3 Å². The summed E-state index contributed by atoms with van der Waals surface area (Å²) < 4.78 is 2.03. The summed E-state index contributed by atoms with van der Waals surface area (Å²) in [4.78, 5) is 4.28. The molecule has 1 N–H and O–H groups in total. The van der Waals surface area contributed by atoms with Crippen molar-refractivity contribution in [2.45, 2.75) is 63.6 Å². The SMILES string of the molecule is c1nc2n(n1)CC(NCc1ccc(C3CCCC3)cc1)CC2. The van der Waals surface area contributed by atoms with Gasteiger partial charge in [0, 0.05) is 19.0 Å². The number of nitrogens with zero attached hydrogens (tertiary/aromatic N) is 3. The summed E-state index contributed by atoms with van der Waals surface area (Å²) in [6, 6.07) is 9.77. The Bertz CT molecular complexity index is 610. The van der Waals surface area contributed by atoms with Crippen LogP contribution in [0.5, 0.6) is 0 Å². The highest BCUT2D eigenvalue weighted by atomic mass is 15.3. The monoisotopic (exact) mass is 296 g/mol. The highest BCUT2D eigenvalue weighted by Gasteiger charge is 2.19. The van der Waals surface area contributed by atoms with Crippen molar-refractivity contribution in [3.05, 3.63) is 47.5 Å². The molecule has 0 spiro atoms. The third-order valence-electron chi connectivity index (χ3n) is 5.21. The van der Waals surface area contributed by atoms with Crippen LogP contribution in [0.25, 0.3) is 0 Å². The van der Waals surface area contributed by atoms with Gasteiger partial charge in [0.05, 0.1) is 6.54 Å². The van der Waals surface area contributed by atoms with Crippen molar-refractivity contribution in [3.8, 4) is 0 Å². The minimum absolute atomic E-state index is 0.503. The first-order chi connectivity index (χ1) is 10.9. The van der Waals surface area contributed by atoms with Gasteiger partial charge >= 0.3 is 0 Å². The molecule has 2 heterocycles. The van der Waals surface area contributed by atoms with Gasteiger partial charge in [-0.1, -0.05) is 37.1 Å². The molecule has 116 valence electrons. The lowest BCUT2D eigenvalue weighted by molar-refractivity contribution is 0.358. The molecule has 2 aliphatic rings. The lowest BCUT2D eigenvalue weighted by Crippen LogP contribution is -2.37. The number of hydrogen-bond acceptors (Lipinski definition) is 3. The second kappa shape index (κ2) is 6.21. The predicted octanol–water partition coefficient (Wildman–Crippen LogP) is 3.04. The Morgan fingerprint density at radius 2 is 1.91 bits per heavy atom. The number of rotatable bonds is 4. The molecule has 0 amide bonds. The molecule has 1 aromatic carbocycles. The Morgan fingerprint density at radius 1 is 1.09 bits per heavy atom. The number of fused-ring (bicyclic) bond motifs is 1. The Balaban J connectivity index is 1.32. The van der Waals surface area contributed by atoms with E-state index in [0.717, 1.165) is 37.7 Å². The topological polar surface area (TPSA) is 42.7 Å². The third kappa shape index (κ3) is 2.93. The maximum atomic E-state index is 4.28. The molecule has 4 nitrogen and oxygen atoms in total. The van der Waals surface area contributed by atoms with E-state index < -0.39 is 0 Å². The average molecular weight is 296 g/mol. The molecule has 22 heavy (non-hydrogen) atoms. The summed E-state index contributed by atoms with van der Waals surface area (Å²) in [6.07, 6.45) is 9.40. The Hall–Kier alpha value is -1.68. The van der Waals surface area contributed by atoms with Crippen LogP contribution in [-0.2, 0) is 19.5 Å². The van der Waals surface area contributed by atoms with Crippen LogP contribution in [0.1, 0.15) is 55.0 Å². The van der Waals surface area contributed by atoms with Gasteiger partial charge in [-0.25, -0.2) is 9.67 Å². The van der Waals surface area contributed by atoms with Crippen molar-refractivity contribution in [3.63, 3.8) is 0 Å². The third-order valence-corrected chi connectivity index (χ3v) is 5.21. The molecule has 4 heteroatoms. The average Bonchev–Trinajstić information content (AvgIpc) is 3.24. The minimum Gasteiger partial charge on any atom is -0.308 e. The molecule has 0 bridgehead atoms. The minimum atomic E-state index is 0.503. The van der Waals surface area contributed by atoms with E-state index in [1.807, 2.05) is 4.68 Å². The Kier molecular flexibility index (Phi) is 3.94. The quantitative estimate of drug-likeness (QED) is 0.943. The predicted molar refractivity (Wildman–Crippen MR) is 86.6 cm³/mol. The standard InChI is InChI=1S/C18H24N4/c1-2-4-15(3-1)16-7-5-14(6-8-16)11-19-17-9-10-18-20-13-21-22(18)12-17/h5-8,13,15,17,19H,1-4,9-12H2. The smallest absolute Gasteiger partial charge is 0.138 e. The lowest BCUT2D eigenvalue weighted by atomic mass is 9.96. The summed E-state index contributed by atoms with van der Waals surface area (Å²) in [5, 5.41) is 7.95. The second-order valence-electron chi connectivity index (χ2n) is 6.70. The fourth-order valence-corrected chi connectivity index (χ4v) is 3.83. The molecule has 1 atom stereocenters. The summed E-state index contributed by atoms with van der Waals surface area (Å²) >= 11 is 0. The zero-order chi connectivity index (χ0) is 14.8. The van der Waals surface area contributed by atoms with Crippen molar-refractivity contribution in [1.29, 1.82) is 0 Å². The summed E-state index contributed by atoms with van der Waals surface area (Å²) in [5.41, 5.74) is 2.91. The molecular weight excluding hydrogens is 272 g/mol. The highest BCUT2D eigenvalue weighted by Crippen LogP contribution is 2.33. The largest absolute Gasteiger partial charge is 0.308 e. The van der Waals surface area contributed by atoms with Gasteiger partial charge in [0.2, 0.25) is 0 Å². The van der Waals surface area contributed by atoms with E-state index in [1.165, 1.54) is 36.8 Å². The van der Waals surface area contributed by atoms with E-state index in [2.05, 4.69) is 39.7 Å². The van der Waals surface area contributed by atoms with Crippen molar-refractivity contribution in [1.82, 2.24) is 20.1 Å². The van der Waals surface area contributed by atoms with Gasteiger partial charge in [-0.2, -0.15) is 5.10 Å². The van der Waals surface area contributed by atoms with Gasteiger partial charge in [0.25, 0.3) is 0 Å². The first kappa shape index (κ1) is 13.9. The number of aromatic nitrogens is 3. The van der Waals surface area contributed by atoms with E-state index in [9.17, 15) is 0 Å². The normalized spacial score (nSPS) is 21.9. The van der Waals surface area contributed by atoms with Crippen LogP contribution in [-0.4, -0.2) is 20.8 Å². The van der Waals surface area contributed by atoms with E-state index in [4.69, 9.17) is 0 Å². The van der Waals surface area contributed by atoms with Crippen LogP contribution in [0.4, 0.5) is 0 Å².